The van der Waals surface area contributed by atoms with Crippen LogP contribution in [0.3, 0.4) is 0 Å². The van der Waals surface area contributed by atoms with E-state index in [1.54, 1.807) is 0 Å². The van der Waals surface area contributed by atoms with E-state index in [1.807, 2.05) is 4.90 Å². The van der Waals surface area contributed by atoms with Crippen LogP contribution in [0.15, 0.2) is 0 Å². The maximum absolute atomic E-state index is 10.8. The van der Waals surface area contributed by atoms with Crippen molar-refractivity contribution in [1.29, 1.82) is 0 Å². The van der Waals surface area contributed by atoms with Crippen LogP contribution >= 0.6 is 0 Å². The van der Waals surface area contributed by atoms with Crippen molar-refractivity contribution < 1.29 is 9.90 Å². The molecule has 0 spiro atoms. The van der Waals surface area contributed by atoms with Crippen LogP contribution < -0.4 is 11.5 Å². The Labute approximate surface area is 158 Å². The van der Waals surface area contributed by atoms with Gasteiger partial charge < -0.3 is 16.6 Å². The van der Waals surface area contributed by atoms with Gasteiger partial charge in [0.05, 0.1) is 12.7 Å². The summed E-state index contributed by atoms with van der Waals surface area (Å²) in [7, 11) is 0. The fourth-order valence-electron chi connectivity index (χ4n) is 2.55. The molecular formula is C16H35N3NaO2. The smallest absolute Gasteiger partial charge is 0.317 e. The SMILES string of the molecule is CCCCCCCCCCCCN(CC(=O)O)CC(N)N.[Na]. The average Bonchev–Trinajstić information content (AvgIpc) is 2.39. The number of rotatable bonds is 15. The number of carbonyl (C=O) groups is 1. The molecule has 6 heteroatoms. The average molecular weight is 324 g/mol. The molecule has 5 nitrogen and oxygen atoms in total. The van der Waals surface area contributed by atoms with Crippen molar-refractivity contribution in [2.75, 3.05) is 19.6 Å². The first-order chi connectivity index (χ1) is 10.1. The molecule has 1 radical (unpaired) electrons. The number of hydrogen-bond donors (Lipinski definition) is 3. The van der Waals surface area contributed by atoms with Crippen LogP contribution in [-0.4, -0.2) is 71.3 Å². The zero-order chi connectivity index (χ0) is 15.9. The van der Waals surface area contributed by atoms with E-state index in [9.17, 15) is 4.79 Å². The van der Waals surface area contributed by atoms with Crippen LogP contribution in [0.2, 0.25) is 0 Å². The Bertz CT molecular complexity index is 254. The Morgan fingerprint density at radius 2 is 1.41 bits per heavy atom. The Morgan fingerprint density at radius 1 is 0.955 bits per heavy atom. The van der Waals surface area contributed by atoms with E-state index in [2.05, 4.69) is 6.92 Å². The molecule has 0 aromatic rings. The van der Waals surface area contributed by atoms with Crippen LogP contribution in [0.4, 0.5) is 0 Å². The van der Waals surface area contributed by atoms with Crippen LogP contribution in [0.5, 0.6) is 0 Å². The van der Waals surface area contributed by atoms with Crippen molar-refractivity contribution in [3.05, 3.63) is 0 Å². The normalized spacial score (nSPS) is 11.0. The number of nitrogens with zero attached hydrogens (tertiary/aromatic N) is 1. The first-order valence-electron chi connectivity index (χ1n) is 8.51. The molecule has 0 aliphatic rings. The summed E-state index contributed by atoms with van der Waals surface area (Å²) in [6, 6.07) is 0. The van der Waals surface area contributed by atoms with Gasteiger partial charge in [-0.15, -0.1) is 0 Å². The minimum Gasteiger partial charge on any atom is -0.480 e. The molecule has 5 N–H and O–H groups in total. The summed E-state index contributed by atoms with van der Waals surface area (Å²) in [6.45, 7) is 3.49. The van der Waals surface area contributed by atoms with Crippen LogP contribution in [0.1, 0.15) is 71.1 Å². The summed E-state index contributed by atoms with van der Waals surface area (Å²) >= 11 is 0. The minimum absolute atomic E-state index is 0. The Hall–Kier alpha value is 0.350. The maximum Gasteiger partial charge on any atom is 0.317 e. The van der Waals surface area contributed by atoms with Crippen molar-refractivity contribution in [3.63, 3.8) is 0 Å². The number of carboxylic acids is 1. The van der Waals surface area contributed by atoms with Crippen LogP contribution in [0.25, 0.3) is 0 Å². The molecule has 0 unspecified atom stereocenters. The number of unbranched alkanes of at least 4 members (excludes halogenated alkanes) is 9. The van der Waals surface area contributed by atoms with Gasteiger partial charge in [0, 0.05) is 36.1 Å². The fourth-order valence-corrected chi connectivity index (χ4v) is 2.55. The van der Waals surface area contributed by atoms with Gasteiger partial charge in [-0.1, -0.05) is 64.7 Å². The molecule has 0 aliphatic carbocycles. The molecule has 0 bridgehead atoms. The van der Waals surface area contributed by atoms with Gasteiger partial charge in [0.1, 0.15) is 0 Å². The second-order valence-corrected chi connectivity index (χ2v) is 5.97. The Balaban J connectivity index is 0. The third-order valence-corrected chi connectivity index (χ3v) is 3.66. The number of hydrogen-bond acceptors (Lipinski definition) is 4. The predicted molar refractivity (Wildman–Crippen MR) is 93.8 cm³/mol. The summed E-state index contributed by atoms with van der Waals surface area (Å²) in [5, 5.41) is 8.83. The van der Waals surface area contributed by atoms with Gasteiger partial charge in [-0.3, -0.25) is 9.69 Å². The Kier molecular flexibility index (Phi) is 19.8. The van der Waals surface area contributed by atoms with Gasteiger partial charge in [-0.2, -0.15) is 0 Å². The fraction of sp³-hybridized carbons (Fsp3) is 0.938. The molecule has 0 fully saturated rings. The number of carboxylic acid groups (broad SMARTS) is 1. The van der Waals surface area contributed by atoms with E-state index < -0.39 is 12.1 Å². The summed E-state index contributed by atoms with van der Waals surface area (Å²) in [6.07, 6.45) is 12.3. The first-order valence-corrected chi connectivity index (χ1v) is 8.51. The van der Waals surface area contributed by atoms with Crippen molar-refractivity contribution >= 4 is 35.5 Å². The van der Waals surface area contributed by atoms with E-state index in [0.717, 1.165) is 19.4 Å². The quantitative estimate of drug-likeness (QED) is 0.244. The molecule has 0 aliphatic heterocycles. The van der Waals surface area contributed by atoms with Crippen molar-refractivity contribution in [1.82, 2.24) is 4.90 Å². The molecule has 22 heavy (non-hydrogen) atoms. The van der Waals surface area contributed by atoms with E-state index in [0.29, 0.717) is 6.54 Å². The zero-order valence-corrected chi connectivity index (χ0v) is 16.7. The second kappa shape index (κ2) is 17.7. The van der Waals surface area contributed by atoms with Gasteiger partial charge >= 0.3 is 5.97 Å². The third-order valence-electron chi connectivity index (χ3n) is 3.66. The minimum atomic E-state index is -0.817. The monoisotopic (exact) mass is 324 g/mol. The first kappa shape index (κ1) is 24.6. The molecule has 0 aromatic heterocycles. The summed E-state index contributed by atoms with van der Waals surface area (Å²) in [5.41, 5.74) is 11.1. The third kappa shape index (κ3) is 18.4. The molecule has 0 rings (SSSR count). The van der Waals surface area contributed by atoms with Gasteiger partial charge in [0.15, 0.2) is 0 Å². The largest absolute Gasteiger partial charge is 0.480 e. The standard InChI is InChI=1S/C16H35N3O2.Na/c1-2-3-4-5-6-7-8-9-10-11-12-19(13-15(17)18)14-16(20)21;/h15H,2-14,17-18H2,1H3,(H,20,21);. The van der Waals surface area contributed by atoms with E-state index >= 15 is 0 Å². The molecule has 0 amide bonds. The van der Waals surface area contributed by atoms with Gasteiger partial charge in [-0.05, 0) is 13.0 Å². The molecule has 0 aromatic carbocycles. The number of nitrogens with two attached hydrogens (primary N) is 2. The molecule has 127 valence electrons. The predicted octanol–water partition coefficient (Wildman–Crippen LogP) is 2.16. The molecule has 0 heterocycles. The van der Waals surface area contributed by atoms with E-state index in [-0.39, 0.29) is 36.1 Å². The van der Waals surface area contributed by atoms with Crippen molar-refractivity contribution in [3.8, 4) is 0 Å². The zero-order valence-electron chi connectivity index (χ0n) is 14.7. The molecule has 0 atom stereocenters. The summed E-state index contributed by atoms with van der Waals surface area (Å²) in [4.78, 5) is 12.6. The topological polar surface area (TPSA) is 92.6 Å². The van der Waals surface area contributed by atoms with E-state index in [1.165, 1.54) is 51.4 Å². The van der Waals surface area contributed by atoms with Crippen molar-refractivity contribution in [2.45, 2.75) is 77.3 Å². The maximum atomic E-state index is 10.8. The molecule has 0 saturated heterocycles. The molecular weight excluding hydrogens is 289 g/mol. The molecule has 0 saturated carbocycles. The number of aliphatic carboxylic acids is 1. The second-order valence-electron chi connectivity index (χ2n) is 5.97. The van der Waals surface area contributed by atoms with E-state index in [4.69, 9.17) is 16.6 Å². The van der Waals surface area contributed by atoms with Gasteiger partial charge in [0.25, 0.3) is 0 Å². The summed E-state index contributed by atoms with van der Waals surface area (Å²) in [5.74, 6) is -0.817. The summed E-state index contributed by atoms with van der Waals surface area (Å²) < 4.78 is 0. The van der Waals surface area contributed by atoms with Crippen molar-refractivity contribution in [2.24, 2.45) is 11.5 Å². The Morgan fingerprint density at radius 3 is 1.82 bits per heavy atom. The van der Waals surface area contributed by atoms with Crippen LogP contribution in [0, 0.1) is 0 Å². The van der Waals surface area contributed by atoms with Crippen LogP contribution in [-0.2, 0) is 4.79 Å². The van der Waals surface area contributed by atoms with Gasteiger partial charge in [-0.25, -0.2) is 0 Å². The van der Waals surface area contributed by atoms with Gasteiger partial charge in [0.2, 0.25) is 0 Å².